The lowest BCUT2D eigenvalue weighted by atomic mass is 10.0. The number of hydrogen-bond acceptors (Lipinski definition) is 8. The van der Waals surface area contributed by atoms with Crippen molar-refractivity contribution in [3.8, 4) is 67.8 Å². The molecule has 0 radical (unpaired) electrons. The Kier molecular flexibility index (Phi) is 9.85. The molecule has 0 aliphatic heterocycles. The molecule has 5 aromatic carbocycles. The van der Waals surface area contributed by atoms with Gasteiger partial charge in [0.05, 0.1) is 50.4 Å². The lowest BCUT2D eigenvalue weighted by Crippen LogP contribution is -2.01. The van der Waals surface area contributed by atoms with Gasteiger partial charge in [-0.25, -0.2) is 9.97 Å². The highest BCUT2D eigenvalue weighted by Gasteiger charge is 2.23. The molecule has 15 rings (SSSR count). The van der Waals surface area contributed by atoms with Crippen molar-refractivity contribution < 1.29 is 4.42 Å². The van der Waals surface area contributed by atoms with Crippen LogP contribution in [0.25, 0.3) is 134 Å². The van der Waals surface area contributed by atoms with Crippen molar-refractivity contribution in [2.24, 2.45) is 21.1 Å². The third-order valence-corrected chi connectivity index (χ3v) is 15.3. The fraction of sp³-hybridized carbons (Fsp3) is 0.0781. The summed E-state index contributed by atoms with van der Waals surface area (Å²) in [6.07, 6.45) is 12.5. The fourth-order valence-electron chi connectivity index (χ4n) is 11.4. The second-order valence-corrected chi connectivity index (χ2v) is 19.9. The van der Waals surface area contributed by atoms with Crippen molar-refractivity contribution in [2.75, 3.05) is 0 Å². The first-order chi connectivity index (χ1) is 37.8. The van der Waals surface area contributed by atoms with Crippen LogP contribution in [0, 0.1) is 6.92 Å². The number of benzene rings is 5. The Hall–Kier alpha value is -10.3. The highest BCUT2D eigenvalue weighted by atomic mass is 16.3. The van der Waals surface area contributed by atoms with E-state index in [0.29, 0.717) is 6.42 Å². The molecule has 1 aliphatic rings. The molecule has 9 heterocycles. The van der Waals surface area contributed by atoms with Gasteiger partial charge in [-0.05, 0) is 121 Å². The van der Waals surface area contributed by atoms with Gasteiger partial charge >= 0.3 is 0 Å². The number of rotatable bonds is 8. The molecule has 13 heteroatoms. The van der Waals surface area contributed by atoms with Crippen molar-refractivity contribution in [1.29, 1.82) is 0 Å². The second-order valence-electron chi connectivity index (χ2n) is 19.9. The molecule has 77 heavy (non-hydrogen) atoms. The summed E-state index contributed by atoms with van der Waals surface area (Å²) in [7, 11) is 6.03. The summed E-state index contributed by atoms with van der Waals surface area (Å²) in [4.78, 5) is 16.0. The van der Waals surface area contributed by atoms with Gasteiger partial charge in [-0.1, -0.05) is 72.8 Å². The standard InChI is InChI=1S/C64H46N12O/c1-38-20-25-52(74(38)4)46-16-5-6-17-53(46)76-56-27-23-50(41-12-8-15-44(32-41)64-71-67-37-73(64)3)68-61(56)62-57(76)28-24-51(69-62)42-13-9-19-58-47(34-42)48-35-45(22-29-59(48)77-58)75-54-26-21-40(33-49(54)60-55(75)18-10-30-65-60)39-11-7-14-43(31-39)63-70-66-36-72(63)2/h5-18,20-37H,19H2,1-4H3. The maximum absolute atomic E-state index is 6.67. The van der Waals surface area contributed by atoms with Crippen LogP contribution in [0.1, 0.15) is 22.7 Å². The monoisotopic (exact) mass is 998 g/mol. The second kappa shape index (κ2) is 17.1. The van der Waals surface area contributed by atoms with Crippen LogP contribution < -0.4 is 0 Å². The Labute approximate surface area is 441 Å². The van der Waals surface area contributed by atoms with Crippen LogP contribution in [0.3, 0.4) is 0 Å². The first-order valence-electron chi connectivity index (χ1n) is 25.6. The number of nitrogens with zero attached hydrogens (tertiary/aromatic N) is 12. The topological polar surface area (TPSA) is 128 Å². The maximum Gasteiger partial charge on any atom is 0.163 e. The molecular formula is C64H46N12O. The molecule has 0 saturated heterocycles. The molecule has 13 nitrogen and oxygen atoms in total. The van der Waals surface area contributed by atoms with Gasteiger partial charge in [0.1, 0.15) is 35.0 Å². The van der Waals surface area contributed by atoms with Gasteiger partial charge in [-0.3, -0.25) is 4.98 Å². The van der Waals surface area contributed by atoms with E-state index in [4.69, 9.17) is 19.4 Å². The molecule has 0 spiro atoms. The minimum absolute atomic E-state index is 0.633. The van der Waals surface area contributed by atoms with E-state index < -0.39 is 0 Å². The number of allylic oxidation sites excluding steroid dienone is 3. The number of aromatic nitrogens is 12. The molecule has 0 fully saturated rings. The Balaban J connectivity index is 0.867. The van der Waals surface area contributed by atoms with Gasteiger partial charge in [0.25, 0.3) is 0 Å². The van der Waals surface area contributed by atoms with Crippen LogP contribution in [0.4, 0.5) is 0 Å². The van der Waals surface area contributed by atoms with Crippen LogP contribution in [-0.4, -0.2) is 58.2 Å². The Morgan fingerprint density at radius 1 is 0.532 bits per heavy atom. The summed E-state index contributed by atoms with van der Waals surface area (Å²) < 4.78 is 17.4. The Bertz CT molecular complexity index is 4800. The van der Waals surface area contributed by atoms with Crippen LogP contribution in [-0.2, 0) is 27.6 Å². The van der Waals surface area contributed by atoms with Gasteiger partial charge in [-0.15, -0.1) is 20.4 Å². The predicted molar refractivity (Wildman–Crippen MR) is 305 cm³/mol. The third-order valence-electron chi connectivity index (χ3n) is 15.3. The third kappa shape index (κ3) is 7.04. The van der Waals surface area contributed by atoms with Gasteiger partial charge in [0, 0.05) is 89.3 Å². The molecule has 0 saturated carbocycles. The molecule has 368 valence electrons. The summed E-state index contributed by atoms with van der Waals surface area (Å²) in [5.74, 6) is 2.51. The Morgan fingerprint density at radius 2 is 1.22 bits per heavy atom. The highest BCUT2D eigenvalue weighted by Crippen LogP contribution is 2.41. The van der Waals surface area contributed by atoms with Crippen LogP contribution in [0.15, 0.2) is 193 Å². The van der Waals surface area contributed by atoms with Crippen molar-refractivity contribution in [3.05, 3.63) is 211 Å². The summed E-state index contributed by atoms with van der Waals surface area (Å²) in [6, 6.07) is 55.6. The largest absolute Gasteiger partial charge is 0.460 e. The van der Waals surface area contributed by atoms with Crippen molar-refractivity contribution >= 4 is 66.6 Å². The smallest absolute Gasteiger partial charge is 0.163 e. The minimum atomic E-state index is 0.633. The quantitative estimate of drug-likeness (QED) is 0.147. The summed E-state index contributed by atoms with van der Waals surface area (Å²) in [6.45, 7) is 2.14. The molecule has 14 aromatic rings. The molecule has 0 unspecified atom stereocenters. The molecule has 0 atom stereocenters. The lowest BCUT2D eigenvalue weighted by molar-refractivity contribution is 0.564. The first-order valence-corrected chi connectivity index (χ1v) is 25.6. The van der Waals surface area contributed by atoms with E-state index in [2.05, 4.69) is 212 Å². The molecule has 0 amide bonds. The molecule has 0 bridgehead atoms. The number of hydrogen-bond donors (Lipinski definition) is 0. The Morgan fingerprint density at radius 3 is 1.97 bits per heavy atom. The number of aryl methyl sites for hydroxylation is 3. The van der Waals surface area contributed by atoms with E-state index in [1.165, 1.54) is 5.69 Å². The minimum Gasteiger partial charge on any atom is -0.460 e. The van der Waals surface area contributed by atoms with Crippen LogP contribution in [0.2, 0.25) is 0 Å². The zero-order valence-electron chi connectivity index (χ0n) is 42.5. The summed E-state index contributed by atoms with van der Waals surface area (Å²) in [5, 5.41) is 19.1. The summed E-state index contributed by atoms with van der Waals surface area (Å²) in [5.41, 5.74) is 21.7. The van der Waals surface area contributed by atoms with E-state index in [1.54, 1.807) is 12.7 Å². The SMILES string of the molecule is Cc1ccc(-c2ccccc2-n2c3ccc(C4=Cc5c(oc6ccc(-n7c8ccc(-c9cccc(-c%10nncn%10C)c9)cc8c8ncccc87)cc56)CC=C4)nc3c3nc(-c4cccc(-c5nncn5C)c4)ccc32)n1C. The van der Waals surface area contributed by atoms with Gasteiger partial charge in [-0.2, -0.15) is 0 Å². The molecule has 9 aromatic heterocycles. The summed E-state index contributed by atoms with van der Waals surface area (Å²) >= 11 is 0. The zero-order chi connectivity index (χ0) is 51.5. The fourth-order valence-corrected chi connectivity index (χ4v) is 11.4. The number of furan rings is 1. The molecule has 0 N–H and O–H groups in total. The van der Waals surface area contributed by atoms with Crippen molar-refractivity contribution in [1.82, 2.24) is 58.2 Å². The van der Waals surface area contributed by atoms with E-state index in [9.17, 15) is 0 Å². The maximum atomic E-state index is 6.67. The average molecular weight is 999 g/mol. The van der Waals surface area contributed by atoms with Gasteiger partial charge in [0.2, 0.25) is 0 Å². The predicted octanol–water partition coefficient (Wildman–Crippen LogP) is 13.7. The number of para-hydroxylation sites is 1. The first kappa shape index (κ1) is 44.2. The molecular weight excluding hydrogens is 953 g/mol. The van der Waals surface area contributed by atoms with E-state index in [1.807, 2.05) is 41.6 Å². The average Bonchev–Trinajstić information content (AvgIpc) is 4.44. The van der Waals surface area contributed by atoms with Crippen LogP contribution in [0.5, 0.6) is 0 Å². The van der Waals surface area contributed by atoms with Gasteiger partial charge in [0.15, 0.2) is 11.6 Å². The van der Waals surface area contributed by atoms with E-state index in [0.717, 1.165) is 145 Å². The lowest BCUT2D eigenvalue weighted by Gasteiger charge is -2.15. The van der Waals surface area contributed by atoms with Crippen molar-refractivity contribution in [3.63, 3.8) is 0 Å². The van der Waals surface area contributed by atoms with Crippen molar-refractivity contribution in [2.45, 2.75) is 13.3 Å². The number of fused-ring (bicyclic) bond motifs is 9. The number of pyridine rings is 3. The van der Waals surface area contributed by atoms with E-state index >= 15 is 0 Å². The molecule has 1 aliphatic carbocycles. The van der Waals surface area contributed by atoms with Gasteiger partial charge < -0.3 is 27.3 Å². The normalized spacial score (nSPS) is 12.6. The highest BCUT2D eigenvalue weighted by molar-refractivity contribution is 6.10. The van der Waals surface area contributed by atoms with E-state index in [-0.39, 0.29) is 0 Å². The van der Waals surface area contributed by atoms with Crippen LogP contribution >= 0.6 is 0 Å². The zero-order valence-corrected chi connectivity index (χ0v) is 42.5.